The summed E-state index contributed by atoms with van der Waals surface area (Å²) in [5.41, 5.74) is 7.77. The van der Waals surface area contributed by atoms with Crippen LogP contribution < -0.4 is 15.2 Å². The highest BCUT2D eigenvalue weighted by Gasteiger charge is 2.18. The van der Waals surface area contributed by atoms with Crippen LogP contribution in [-0.2, 0) is 0 Å². The van der Waals surface area contributed by atoms with Crippen molar-refractivity contribution in [3.8, 4) is 17.6 Å². The van der Waals surface area contributed by atoms with Crippen molar-refractivity contribution in [1.82, 2.24) is 0 Å². The molecule has 0 fully saturated rings. The number of ether oxygens (including phenoxy) is 2. The first-order valence-corrected chi connectivity index (χ1v) is 5.55. The number of para-hydroxylation sites is 1. The molecular formula is C13H14N2O2. The zero-order chi connectivity index (χ0) is 12.3. The van der Waals surface area contributed by atoms with Crippen LogP contribution in [0.3, 0.4) is 0 Å². The molecule has 0 bridgehead atoms. The smallest absolute Gasteiger partial charge is 0.170 e. The highest BCUT2D eigenvalue weighted by molar-refractivity contribution is 5.75. The largest absolute Gasteiger partial charge is 0.486 e. The van der Waals surface area contributed by atoms with E-state index in [0.29, 0.717) is 42.4 Å². The second-order valence-corrected chi connectivity index (χ2v) is 3.69. The van der Waals surface area contributed by atoms with E-state index in [1.54, 1.807) is 0 Å². The Morgan fingerprint density at radius 2 is 2.18 bits per heavy atom. The summed E-state index contributed by atoms with van der Waals surface area (Å²) in [7, 11) is 0. The third-order valence-electron chi connectivity index (χ3n) is 2.67. The van der Waals surface area contributed by atoms with Gasteiger partial charge < -0.3 is 15.2 Å². The van der Waals surface area contributed by atoms with Crippen molar-refractivity contribution < 1.29 is 9.47 Å². The number of nitrogens with two attached hydrogens (primary N) is 1. The first-order valence-electron chi connectivity index (χ1n) is 5.55. The lowest BCUT2D eigenvalue weighted by Gasteiger charge is -2.21. The second kappa shape index (κ2) is 4.79. The minimum Gasteiger partial charge on any atom is -0.486 e. The molecule has 1 aromatic rings. The summed E-state index contributed by atoms with van der Waals surface area (Å²) in [6.07, 6.45) is 0.604. The number of allylic oxidation sites excluding steroid dienone is 1. The van der Waals surface area contributed by atoms with Crippen LogP contribution in [0.25, 0.3) is 5.70 Å². The molecule has 0 radical (unpaired) electrons. The minimum absolute atomic E-state index is 0.470. The van der Waals surface area contributed by atoms with Gasteiger partial charge in [-0.05, 0) is 18.6 Å². The molecule has 0 atom stereocenters. The number of nitrogens with zero attached hydrogens (tertiary/aromatic N) is 1. The van der Waals surface area contributed by atoms with Crippen molar-refractivity contribution >= 4 is 5.70 Å². The molecule has 2 rings (SSSR count). The van der Waals surface area contributed by atoms with Gasteiger partial charge in [0, 0.05) is 5.56 Å². The van der Waals surface area contributed by atoms with Crippen molar-refractivity contribution in [1.29, 1.82) is 5.26 Å². The standard InChI is InChI=1S/C13H14N2O2/c1-2-9(8-14)12(15)10-4-3-5-11-13(10)17-7-6-16-11/h3-5H,2,6-7,15H2,1H3/b12-9-. The van der Waals surface area contributed by atoms with E-state index in [0.717, 1.165) is 5.56 Å². The fourth-order valence-corrected chi connectivity index (χ4v) is 1.78. The molecule has 0 aliphatic carbocycles. The number of hydrogen-bond acceptors (Lipinski definition) is 4. The summed E-state index contributed by atoms with van der Waals surface area (Å²) in [5.74, 6) is 1.32. The molecular weight excluding hydrogens is 216 g/mol. The van der Waals surface area contributed by atoms with E-state index in [1.807, 2.05) is 25.1 Å². The van der Waals surface area contributed by atoms with Crippen molar-refractivity contribution in [3.05, 3.63) is 29.3 Å². The maximum absolute atomic E-state index is 9.00. The predicted molar refractivity (Wildman–Crippen MR) is 64.4 cm³/mol. The zero-order valence-electron chi connectivity index (χ0n) is 9.69. The fourth-order valence-electron chi connectivity index (χ4n) is 1.78. The van der Waals surface area contributed by atoms with E-state index >= 15 is 0 Å². The molecule has 4 nitrogen and oxygen atoms in total. The molecule has 0 saturated heterocycles. The van der Waals surface area contributed by atoms with Crippen molar-refractivity contribution in [3.63, 3.8) is 0 Å². The lowest BCUT2D eigenvalue weighted by molar-refractivity contribution is 0.171. The molecule has 2 N–H and O–H groups in total. The molecule has 1 aromatic carbocycles. The van der Waals surface area contributed by atoms with E-state index in [9.17, 15) is 0 Å². The third-order valence-corrected chi connectivity index (χ3v) is 2.67. The summed E-state index contributed by atoms with van der Waals surface area (Å²) >= 11 is 0. The van der Waals surface area contributed by atoms with Crippen molar-refractivity contribution in [2.24, 2.45) is 5.73 Å². The van der Waals surface area contributed by atoms with Gasteiger partial charge in [-0.25, -0.2) is 0 Å². The normalized spacial score (nSPS) is 14.8. The van der Waals surface area contributed by atoms with Gasteiger partial charge in [-0.15, -0.1) is 0 Å². The van der Waals surface area contributed by atoms with Crippen LogP contribution in [0.2, 0.25) is 0 Å². The quantitative estimate of drug-likeness (QED) is 0.789. The Morgan fingerprint density at radius 1 is 1.41 bits per heavy atom. The number of benzene rings is 1. The van der Waals surface area contributed by atoms with Crippen molar-refractivity contribution in [2.45, 2.75) is 13.3 Å². The average Bonchev–Trinajstić information content (AvgIpc) is 2.39. The van der Waals surface area contributed by atoms with Gasteiger partial charge in [0.2, 0.25) is 0 Å². The van der Waals surface area contributed by atoms with Crippen molar-refractivity contribution in [2.75, 3.05) is 13.2 Å². The lowest BCUT2D eigenvalue weighted by atomic mass is 10.0. The number of hydrogen-bond donors (Lipinski definition) is 1. The summed E-state index contributed by atoms with van der Waals surface area (Å²) in [6.45, 7) is 2.95. The van der Waals surface area contributed by atoms with Gasteiger partial charge >= 0.3 is 0 Å². The van der Waals surface area contributed by atoms with Gasteiger partial charge in [0.05, 0.1) is 17.3 Å². The number of nitriles is 1. The first-order chi connectivity index (χ1) is 8.27. The Balaban J connectivity index is 2.53. The maximum atomic E-state index is 9.00. The van der Waals surface area contributed by atoms with E-state index in [1.165, 1.54) is 0 Å². The van der Waals surface area contributed by atoms with Gasteiger partial charge in [-0.3, -0.25) is 0 Å². The zero-order valence-corrected chi connectivity index (χ0v) is 9.69. The number of fused-ring (bicyclic) bond motifs is 1. The second-order valence-electron chi connectivity index (χ2n) is 3.69. The van der Waals surface area contributed by atoms with Crippen LogP contribution in [0.4, 0.5) is 0 Å². The Labute approximate surface area is 100 Å². The average molecular weight is 230 g/mol. The van der Waals surface area contributed by atoms with E-state index in [4.69, 9.17) is 20.5 Å². The van der Waals surface area contributed by atoms with Crippen LogP contribution in [0, 0.1) is 11.3 Å². The first kappa shape index (κ1) is 11.3. The molecule has 1 aliphatic rings. The summed E-state index contributed by atoms with van der Waals surface area (Å²) in [5, 5.41) is 9.00. The molecule has 1 aliphatic heterocycles. The maximum Gasteiger partial charge on any atom is 0.170 e. The lowest BCUT2D eigenvalue weighted by Crippen LogP contribution is -2.17. The summed E-state index contributed by atoms with van der Waals surface area (Å²) < 4.78 is 11.0. The highest BCUT2D eigenvalue weighted by Crippen LogP contribution is 2.36. The van der Waals surface area contributed by atoms with Gasteiger partial charge in [0.1, 0.15) is 13.2 Å². The van der Waals surface area contributed by atoms with Gasteiger partial charge in [0.25, 0.3) is 0 Å². The molecule has 17 heavy (non-hydrogen) atoms. The molecule has 0 saturated carbocycles. The third kappa shape index (κ3) is 2.04. The fraction of sp³-hybridized carbons (Fsp3) is 0.308. The summed E-state index contributed by atoms with van der Waals surface area (Å²) in [6, 6.07) is 7.64. The Bertz CT molecular complexity index is 501. The van der Waals surface area contributed by atoms with Crippen LogP contribution in [0.5, 0.6) is 11.5 Å². The predicted octanol–water partition coefficient (Wildman–Crippen LogP) is 2.06. The molecule has 0 amide bonds. The summed E-state index contributed by atoms with van der Waals surface area (Å²) in [4.78, 5) is 0. The molecule has 0 unspecified atom stereocenters. The highest BCUT2D eigenvalue weighted by atomic mass is 16.6. The van der Waals surface area contributed by atoms with Gasteiger partial charge in [-0.1, -0.05) is 13.0 Å². The van der Waals surface area contributed by atoms with Gasteiger partial charge in [0.15, 0.2) is 11.5 Å². The molecule has 88 valence electrons. The monoisotopic (exact) mass is 230 g/mol. The van der Waals surface area contributed by atoms with E-state index < -0.39 is 0 Å². The molecule has 0 spiro atoms. The van der Waals surface area contributed by atoms with Crippen LogP contribution in [0.1, 0.15) is 18.9 Å². The van der Waals surface area contributed by atoms with Gasteiger partial charge in [-0.2, -0.15) is 5.26 Å². The Hall–Kier alpha value is -2.15. The number of rotatable bonds is 2. The molecule has 1 heterocycles. The molecule has 4 heteroatoms. The molecule has 0 aromatic heterocycles. The SMILES string of the molecule is CC/C(C#N)=C(/N)c1cccc2c1OCCO2. The Morgan fingerprint density at radius 3 is 2.88 bits per heavy atom. The van der Waals surface area contributed by atoms with E-state index in [-0.39, 0.29) is 0 Å². The Kier molecular flexibility index (Phi) is 3.20. The van der Waals surface area contributed by atoms with Crippen LogP contribution in [0.15, 0.2) is 23.8 Å². The van der Waals surface area contributed by atoms with E-state index in [2.05, 4.69) is 6.07 Å². The van der Waals surface area contributed by atoms with Crippen LogP contribution in [-0.4, -0.2) is 13.2 Å². The minimum atomic E-state index is 0.470. The topological polar surface area (TPSA) is 68.3 Å². The van der Waals surface area contributed by atoms with Crippen LogP contribution >= 0.6 is 0 Å².